The van der Waals surface area contributed by atoms with Crippen LogP contribution in [0.3, 0.4) is 0 Å². The summed E-state index contributed by atoms with van der Waals surface area (Å²) in [5.74, 6) is 0.516. The highest BCUT2D eigenvalue weighted by molar-refractivity contribution is 6.40. The standard InChI is InChI=1S/C61H34N8/c62-35-38-23-28-44(29-24-38)67-52-20-10-7-17-46(52)55-58-56(47-18-8-11-21-53(47)68(58)45-30-25-39(36-63)26-31-45)60-57(59(55)67)48-19-9-12-22-54(48)69(60)51-32-27-42(33-43(51)37-64)61-65-49(40-13-3-1-4-14-40)34-50(66-61)41-15-5-2-6-16-41/h1-34H. The van der Waals surface area contributed by atoms with E-state index in [1.807, 2.05) is 133 Å². The fraction of sp³-hybridized carbons (Fsp3) is 0. The molecule has 0 saturated heterocycles. The minimum Gasteiger partial charge on any atom is -0.308 e. The molecule has 69 heavy (non-hydrogen) atoms. The maximum atomic E-state index is 11.3. The SMILES string of the molecule is N#Cc1ccc(-n2c3ccccc3c3c2c2c4ccccc4n(-c4ccc(-c5nc(-c6ccccc6)cc(-c6ccccc6)n5)cc4C#N)c2c2c4ccccc4n(-c4ccc(C#N)cc4)c32)cc1. The van der Waals surface area contributed by atoms with Crippen molar-refractivity contribution in [2.75, 3.05) is 0 Å². The van der Waals surface area contributed by atoms with Gasteiger partial charge in [0.15, 0.2) is 5.82 Å². The van der Waals surface area contributed by atoms with Gasteiger partial charge in [0.25, 0.3) is 0 Å². The lowest BCUT2D eigenvalue weighted by Gasteiger charge is -2.15. The maximum Gasteiger partial charge on any atom is 0.160 e. The largest absolute Gasteiger partial charge is 0.308 e. The lowest BCUT2D eigenvalue weighted by Crippen LogP contribution is -2.01. The molecule has 0 saturated carbocycles. The first kappa shape index (κ1) is 39.3. The van der Waals surface area contributed by atoms with Crippen LogP contribution in [-0.4, -0.2) is 23.7 Å². The molecule has 0 aliphatic rings. The van der Waals surface area contributed by atoms with Crippen LogP contribution in [0.1, 0.15) is 16.7 Å². The number of aromatic nitrogens is 5. The van der Waals surface area contributed by atoms with Crippen molar-refractivity contribution in [2.24, 2.45) is 0 Å². The second-order valence-corrected chi connectivity index (χ2v) is 17.1. The minimum absolute atomic E-state index is 0.460. The van der Waals surface area contributed by atoms with E-state index in [-0.39, 0.29) is 0 Å². The van der Waals surface area contributed by atoms with Crippen molar-refractivity contribution in [3.8, 4) is 69.2 Å². The van der Waals surface area contributed by atoms with Crippen molar-refractivity contribution < 1.29 is 0 Å². The van der Waals surface area contributed by atoms with E-state index in [0.717, 1.165) is 105 Å². The molecule has 8 heteroatoms. The summed E-state index contributed by atoms with van der Waals surface area (Å²) >= 11 is 0. The summed E-state index contributed by atoms with van der Waals surface area (Å²) < 4.78 is 6.91. The van der Waals surface area contributed by atoms with Crippen LogP contribution in [0.5, 0.6) is 0 Å². The first-order valence-electron chi connectivity index (χ1n) is 22.6. The zero-order valence-electron chi connectivity index (χ0n) is 36.7. The summed E-state index contributed by atoms with van der Waals surface area (Å²) in [6, 6.07) is 76.3. The smallest absolute Gasteiger partial charge is 0.160 e. The molecule has 0 aliphatic heterocycles. The topological polar surface area (TPSA) is 112 Å². The van der Waals surface area contributed by atoms with Crippen LogP contribution in [0, 0.1) is 34.0 Å². The van der Waals surface area contributed by atoms with Gasteiger partial charge >= 0.3 is 0 Å². The molecule has 0 amide bonds. The molecule has 8 nitrogen and oxygen atoms in total. The Balaban J connectivity index is 1.19. The van der Waals surface area contributed by atoms with Gasteiger partial charge in [-0.2, -0.15) is 15.8 Å². The van der Waals surface area contributed by atoms with Gasteiger partial charge in [-0.3, -0.25) is 0 Å². The van der Waals surface area contributed by atoms with E-state index in [1.54, 1.807) is 0 Å². The number of hydrogen-bond acceptors (Lipinski definition) is 5. The van der Waals surface area contributed by atoms with Gasteiger partial charge in [-0.1, -0.05) is 115 Å². The summed E-state index contributed by atoms with van der Waals surface area (Å²) in [7, 11) is 0. The quantitative estimate of drug-likeness (QED) is 0.165. The van der Waals surface area contributed by atoms with Crippen LogP contribution in [-0.2, 0) is 0 Å². The number of fused-ring (bicyclic) bond motifs is 12. The third-order valence-corrected chi connectivity index (χ3v) is 13.3. The number of benzene rings is 9. The van der Waals surface area contributed by atoms with Gasteiger partial charge in [-0.05, 0) is 91.0 Å². The van der Waals surface area contributed by atoms with E-state index in [2.05, 4.69) is 105 Å². The van der Waals surface area contributed by atoms with E-state index >= 15 is 0 Å². The molecule has 4 heterocycles. The van der Waals surface area contributed by atoms with Crippen LogP contribution in [0.15, 0.2) is 206 Å². The average molecular weight is 879 g/mol. The highest BCUT2D eigenvalue weighted by atomic mass is 15.0. The second kappa shape index (κ2) is 15.5. The number of hydrogen-bond donors (Lipinski definition) is 0. The van der Waals surface area contributed by atoms with Crippen molar-refractivity contribution in [3.05, 3.63) is 223 Å². The Bertz CT molecular complexity index is 4220. The first-order valence-corrected chi connectivity index (χ1v) is 22.6. The molecule has 0 fully saturated rings. The summed E-state index contributed by atoms with van der Waals surface area (Å²) in [4.78, 5) is 10.2. The van der Waals surface area contributed by atoms with E-state index < -0.39 is 0 Å². The molecule has 0 unspecified atom stereocenters. The molecule has 0 bridgehead atoms. The Morgan fingerprint density at radius 2 is 0.754 bits per heavy atom. The van der Waals surface area contributed by atoms with E-state index in [4.69, 9.17) is 9.97 Å². The van der Waals surface area contributed by atoms with Gasteiger partial charge in [-0.15, -0.1) is 0 Å². The minimum atomic E-state index is 0.460. The number of nitrogens with zero attached hydrogens (tertiary/aromatic N) is 8. The van der Waals surface area contributed by atoms with Gasteiger partial charge in [0.2, 0.25) is 0 Å². The Hall–Kier alpha value is -10.1. The van der Waals surface area contributed by atoms with Crippen LogP contribution >= 0.6 is 0 Å². The van der Waals surface area contributed by atoms with Gasteiger partial charge in [0.1, 0.15) is 6.07 Å². The molecule has 9 aromatic carbocycles. The van der Waals surface area contributed by atoms with Crippen molar-refractivity contribution in [1.82, 2.24) is 23.7 Å². The Labute approximate surface area is 395 Å². The Kier molecular flexibility index (Phi) is 8.85. The lowest BCUT2D eigenvalue weighted by atomic mass is 10.0. The van der Waals surface area contributed by atoms with Crippen LogP contribution in [0.25, 0.3) is 116 Å². The fourth-order valence-corrected chi connectivity index (χ4v) is 10.4. The Morgan fingerprint density at radius 1 is 0.348 bits per heavy atom. The molecule has 13 rings (SSSR count). The third kappa shape index (κ3) is 5.99. The molecule has 0 aliphatic carbocycles. The summed E-state index contributed by atoms with van der Waals surface area (Å²) in [5, 5.41) is 37.3. The van der Waals surface area contributed by atoms with E-state index in [1.165, 1.54) is 0 Å². The third-order valence-electron chi connectivity index (χ3n) is 13.3. The fourth-order valence-electron chi connectivity index (χ4n) is 10.4. The van der Waals surface area contributed by atoms with E-state index in [9.17, 15) is 15.8 Å². The molecule has 0 spiro atoms. The highest BCUT2D eigenvalue weighted by Gasteiger charge is 2.29. The van der Waals surface area contributed by atoms with Crippen molar-refractivity contribution in [2.45, 2.75) is 0 Å². The van der Waals surface area contributed by atoms with Crippen LogP contribution in [0.4, 0.5) is 0 Å². The zero-order chi connectivity index (χ0) is 46.2. The monoisotopic (exact) mass is 878 g/mol. The average Bonchev–Trinajstić information content (AvgIpc) is 4.07. The molecule has 13 aromatic rings. The predicted molar refractivity (Wildman–Crippen MR) is 276 cm³/mol. The summed E-state index contributed by atoms with van der Waals surface area (Å²) in [5.41, 5.74) is 14.2. The lowest BCUT2D eigenvalue weighted by molar-refractivity contribution is 1.15. The predicted octanol–water partition coefficient (Wildman–Crippen LogP) is 14.4. The normalized spacial score (nSPS) is 11.4. The molecule has 318 valence electrons. The number of nitriles is 3. The van der Waals surface area contributed by atoms with Crippen molar-refractivity contribution >= 4 is 65.4 Å². The zero-order valence-corrected chi connectivity index (χ0v) is 36.7. The summed E-state index contributed by atoms with van der Waals surface area (Å²) in [6.45, 7) is 0. The summed E-state index contributed by atoms with van der Waals surface area (Å²) in [6.07, 6.45) is 0. The maximum absolute atomic E-state index is 11.3. The van der Waals surface area contributed by atoms with Gasteiger partial charge in [0.05, 0.1) is 79.0 Å². The molecule has 0 radical (unpaired) electrons. The van der Waals surface area contributed by atoms with Gasteiger partial charge in [-0.25, -0.2) is 9.97 Å². The van der Waals surface area contributed by atoms with E-state index in [0.29, 0.717) is 28.2 Å². The van der Waals surface area contributed by atoms with Crippen LogP contribution in [0.2, 0.25) is 0 Å². The molecule has 0 atom stereocenters. The second-order valence-electron chi connectivity index (χ2n) is 17.1. The van der Waals surface area contributed by atoms with Crippen molar-refractivity contribution in [3.63, 3.8) is 0 Å². The van der Waals surface area contributed by atoms with Crippen molar-refractivity contribution in [1.29, 1.82) is 15.8 Å². The Morgan fingerprint density at radius 3 is 1.19 bits per heavy atom. The molecule has 4 aromatic heterocycles. The van der Waals surface area contributed by atoms with Gasteiger partial charge in [0, 0.05) is 60.4 Å². The number of rotatable bonds is 6. The number of para-hydroxylation sites is 3. The molecular formula is C61H34N8. The van der Waals surface area contributed by atoms with Gasteiger partial charge < -0.3 is 13.7 Å². The highest BCUT2D eigenvalue weighted by Crippen LogP contribution is 2.50. The van der Waals surface area contributed by atoms with Crippen LogP contribution < -0.4 is 0 Å². The first-order chi connectivity index (χ1) is 34.1. The molecule has 0 N–H and O–H groups in total. The molecular weight excluding hydrogens is 845 g/mol.